The maximum atomic E-state index is 13.9. The van der Waals surface area contributed by atoms with Crippen LogP contribution in [0.15, 0.2) is 28.9 Å². The maximum Gasteiger partial charge on any atom is 0.430 e. The minimum atomic E-state index is -4.71. The number of halogens is 5. The summed E-state index contributed by atoms with van der Waals surface area (Å²) in [7, 11) is 1.49. The Hall–Kier alpha value is -2.12. The van der Waals surface area contributed by atoms with Gasteiger partial charge in [0.15, 0.2) is 11.6 Å². The predicted molar refractivity (Wildman–Crippen MR) is 74.0 cm³/mol. The fourth-order valence-electron chi connectivity index (χ4n) is 1.81. The van der Waals surface area contributed by atoms with Crippen LogP contribution in [0.5, 0.6) is 0 Å². The number of anilines is 1. The highest BCUT2D eigenvalue weighted by molar-refractivity contribution is 6.00. The van der Waals surface area contributed by atoms with Crippen molar-refractivity contribution in [3.8, 4) is 0 Å². The Morgan fingerprint density at radius 2 is 1.82 bits per heavy atom. The van der Waals surface area contributed by atoms with E-state index < -0.39 is 29.2 Å². The van der Waals surface area contributed by atoms with Crippen molar-refractivity contribution in [2.24, 2.45) is 16.6 Å². The molecule has 0 aliphatic heterocycles. The Labute approximate surface area is 123 Å². The zero-order valence-corrected chi connectivity index (χ0v) is 11.6. The van der Waals surface area contributed by atoms with E-state index in [1.807, 2.05) is 0 Å². The fourth-order valence-corrected chi connectivity index (χ4v) is 1.81. The molecular weight excluding hydrogens is 305 g/mol. The van der Waals surface area contributed by atoms with Crippen molar-refractivity contribution in [3.63, 3.8) is 0 Å². The molecule has 0 bridgehead atoms. The monoisotopic (exact) mass is 319 g/mol. The van der Waals surface area contributed by atoms with Crippen LogP contribution in [-0.2, 0) is 0 Å². The van der Waals surface area contributed by atoms with Crippen LogP contribution < -0.4 is 11.1 Å². The third-order valence-electron chi connectivity index (χ3n) is 3.17. The molecule has 0 atom stereocenters. The topological polar surface area (TPSA) is 50.4 Å². The van der Waals surface area contributed by atoms with Gasteiger partial charge >= 0.3 is 6.18 Å². The summed E-state index contributed by atoms with van der Waals surface area (Å²) in [5, 5.41) is 2.57. The van der Waals surface area contributed by atoms with Gasteiger partial charge in [-0.1, -0.05) is 0 Å². The van der Waals surface area contributed by atoms with Crippen LogP contribution in [0, 0.1) is 17.6 Å². The lowest BCUT2D eigenvalue weighted by molar-refractivity contribution is -0.0925. The molecule has 0 aromatic heterocycles. The average molecular weight is 319 g/mol. The van der Waals surface area contributed by atoms with E-state index in [2.05, 4.69) is 10.3 Å². The third kappa shape index (κ3) is 3.75. The number of nitrogens with zero attached hydrogens (tertiary/aromatic N) is 1. The van der Waals surface area contributed by atoms with Gasteiger partial charge in [-0.3, -0.25) is 0 Å². The molecule has 1 saturated carbocycles. The molecule has 8 heteroatoms. The highest BCUT2D eigenvalue weighted by Crippen LogP contribution is 2.35. The Kier molecular flexibility index (Phi) is 4.39. The van der Waals surface area contributed by atoms with Gasteiger partial charge in [0.05, 0.1) is 0 Å². The van der Waals surface area contributed by atoms with Gasteiger partial charge < -0.3 is 11.1 Å². The predicted octanol–water partition coefficient (Wildman–Crippen LogP) is 3.89. The third-order valence-corrected chi connectivity index (χ3v) is 3.17. The zero-order valence-electron chi connectivity index (χ0n) is 11.6. The number of hydrogen-bond acceptors (Lipinski definition) is 3. The van der Waals surface area contributed by atoms with Gasteiger partial charge in [-0.15, -0.1) is 0 Å². The molecule has 1 fully saturated rings. The second-order valence-corrected chi connectivity index (χ2v) is 4.95. The smallest absolute Gasteiger partial charge is 0.395 e. The fraction of sp³-hybridized carbons (Fsp3) is 0.357. The molecule has 1 aromatic rings. The van der Waals surface area contributed by atoms with Gasteiger partial charge in [-0.05, 0) is 31.1 Å². The van der Waals surface area contributed by atoms with E-state index >= 15 is 0 Å². The molecule has 1 aliphatic rings. The second-order valence-electron chi connectivity index (χ2n) is 4.95. The van der Waals surface area contributed by atoms with Crippen LogP contribution in [0.4, 0.5) is 33.3 Å². The van der Waals surface area contributed by atoms with Crippen LogP contribution in [0.3, 0.4) is 0 Å². The number of hydrogen-bond donors (Lipinski definition) is 2. The summed E-state index contributed by atoms with van der Waals surface area (Å²) in [4.78, 5) is 3.73. The van der Waals surface area contributed by atoms with E-state index in [4.69, 9.17) is 5.73 Å². The molecule has 120 valence electrons. The molecule has 1 aromatic carbocycles. The quantitative estimate of drug-likeness (QED) is 0.653. The zero-order chi connectivity index (χ0) is 16.5. The van der Waals surface area contributed by atoms with Crippen LogP contribution in [0.2, 0.25) is 0 Å². The van der Waals surface area contributed by atoms with E-state index in [-0.39, 0.29) is 17.3 Å². The first-order chi connectivity index (χ1) is 10.2. The van der Waals surface area contributed by atoms with Gasteiger partial charge in [0, 0.05) is 24.4 Å². The van der Waals surface area contributed by atoms with Gasteiger partial charge in [-0.2, -0.15) is 13.2 Å². The number of alkyl halides is 3. The largest absolute Gasteiger partial charge is 0.430 e. The van der Waals surface area contributed by atoms with Crippen LogP contribution in [0.1, 0.15) is 12.8 Å². The molecule has 0 saturated heterocycles. The van der Waals surface area contributed by atoms with Gasteiger partial charge in [0.2, 0.25) is 0 Å². The summed E-state index contributed by atoms with van der Waals surface area (Å²) in [5.74, 6) is -2.17. The first kappa shape index (κ1) is 16.3. The Morgan fingerprint density at radius 3 is 2.23 bits per heavy atom. The molecule has 22 heavy (non-hydrogen) atoms. The second kappa shape index (κ2) is 5.94. The Bertz CT molecular complexity index is 607. The number of nitrogens with one attached hydrogen (secondary N) is 1. The molecule has 0 spiro atoms. The lowest BCUT2D eigenvalue weighted by Gasteiger charge is -2.09. The molecule has 0 amide bonds. The number of benzene rings is 1. The molecule has 3 N–H and O–H groups in total. The van der Waals surface area contributed by atoms with Crippen molar-refractivity contribution in [3.05, 3.63) is 35.5 Å². The van der Waals surface area contributed by atoms with E-state index in [1.54, 1.807) is 0 Å². The first-order valence-electron chi connectivity index (χ1n) is 6.52. The maximum absolute atomic E-state index is 13.9. The SMILES string of the molecule is CNc1cc(F)c(N=C(C=C(N)C(F)(F)F)C2CC2)c(F)c1. The minimum absolute atomic E-state index is 0.0650. The molecule has 0 radical (unpaired) electrons. The van der Waals surface area contributed by atoms with Gasteiger partial charge in [-0.25, -0.2) is 13.8 Å². The van der Waals surface area contributed by atoms with Gasteiger partial charge in [0.1, 0.15) is 11.4 Å². The summed E-state index contributed by atoms with van der Waals surface area (Å²) in [6, 6.07) is 2.03. The first-order valence-corrected chi connectivity index (χ1v) is 6.52. The van der Waals surface area contributed by atoms with Crippen molar-refractivity contribution in [1.29, 1.82) is 0 Å². The van der Waals surface area contributed by atoms with E-state index in [9.17, 15) is 22.0 Å². The lowest BCUT2D eigenvalue weighted by Crippen LogP contribution is -2.21. The average Bonchev–Trinajstić information content (AvgIpc) is 3.24. The summed E-state index contributed by atoms with van der Waals surface area (Å²) < 4.78 is 65.2. The van der Waals surface area contributed by atoms with Crippen molar-refractivity contribution >= 4 is 17.1 Å². The van der Waals surface area contributed by atoms with Crippen molar-refractivity contribution < 1.29 is 22.0 Å². The number of aliphatic imine (C=N–C) groups is 1. The lowest BCUT2D eigenvalue weighted by atomic mass is 10.2. The molecular formula is C14H14F5N3. The van der Waals surface area contributed by atoms with Crippen LogP contribution >= 0.6 is 0 Å². The van der Waals surface area contributed by atoms with E-state index in [0.29, 0.717) is 18.9 Å². The Balaban J connectivity index is 2.44. The van der Waals surface area contributed by atoms with E-state index in [0.717, 1.165) is 12.1 Å². The van der Waals surface area contributed by atoms with Crippen LogP contribution in [-0.4, -0.2) is 18.9 Å². The molecule has 0 heterocycles. The summed E-state index contributed by atoms with van der Waals surface area (Å²) in [6.07, 6.45) is -2.85. The molecule has 0 unspecified atom stereocenters. The summed E-state index contributed by atoms with van der Waals surface area (Å²) >= 11 is 0. The highest BCUT2D eigenvalue weighted by Gasteiger charge is 2.34. The molecule has 1 aliphatic carbocycles. The molecule has 3 nitrogen and oxygen atoms in total. The van der Waals surface area contributed by atoms with Crippen molar-refractivity contribution in [1.82, 2.24) is 0 Å². The van der Waals surface area contributed by atoms with E-state index in [1.165, 1.54) is 7.05 Å². The summed E-state index contributed by atoms with van der Waals surface area (Å²) in [6.45, 7) is 0. The van der Waals surface area contributed by atoms with Crippen molar-refractivity contribution in [2.75, 3.05) is 12.4 Å². The Morgan fingerprint density at radius 1 is 1.27 bits per heavy atom. The minimum Gasteiger partial charge on any atom is -0.395 e. The van der Waals surface area contributed by atoms with Crippen LogP contribution in [0.25, 0.3) is 0 Å². The number of rotatable bonds is 4. The number of allylic oxidation sites excluding steroid dienone is 2. The number of nitrogens with two attached hydrogens (primary N) is 1. The molecule has 2 rings (SSSR count). The standard InChI is InChI=1S/C14H14F5N3/c1-21-8-4-9(15)13(10(16)5-8)22-11(7-2-3-7)6-12(20)14(17,18)19/h4-7,21H,2-3,20H2,1H3. The normalized spacial score (nSPS) is 16.8. The van der Waals surface area contributed by atoms with Crippen molar-refractivity contribution in [2.45, 2.75) is 19.0 Å². The highest BCUT2D eigenvalue weighted by atomic mass is 19.4. The summed E-state index contributed by atoms with van der Waals surface area (Å²) in [5.41, 5.74) is 3.13. The van der Waals surface area contributed by atoms with Gasteiger partial charge in [0.25, 0.3) is 0 Å².